The summed E-state index contributed by atoms with van der Waals surface area (Å²) in [6.45, 7) is 1.14. The normalized spacial score (nSPS) is 20.2. The predicted molar refractivity (Wildman–Crippen MR) is 68.1 cm³/mol. The van der Waals surface area contributed by atoms with E-state index in [0.29, 0.717) is 6.54 Å². The van der Waals surface area contributed by atoms with E-state index in [9.17, 15) is 13.2 Å². The van der Waals surface area contributed by atoms with Gasteiger partial charge in [-0.2, -0.15) is 0 Å². The molecule has 19 heavy (non-hydrogen) atoms. The second kappa shape index (κ2) is 5.72. The third-order valence-electron chi connectivity index (χ3n) is 2.99. The summed E-state index contributed by atoms with van der Waals surface area (Å²) in [4.78, 5) is 14.3. The fraction of sp³-hybridized carbons (Fsp3) is 0.545. The van der Waals surface area contributed by atoms with Crippen LogP contribution >= 0.6 is 0 Å². The SMILES string of the molecule is NS(=O)(=O)c1c[nH]c(C(=O)NCC2CCCCO2)c1. The molecule has 4 N–H and O–H groups in total. The van der Waals surface area contributed by atoms with E-state index in [4.69, 9.17) is 9.88 Å². The van der Waals surface area contributed by atoms with Gasteiger partial charge in [-0.15, -0.1) is 0 Å². The number of carbonyl (C=O) groups is 1. The number of rotatable bonds is 4. The van der Waals surface area contributed by atoms with Gasteiger partial charge in [0.05, 0.1) is 11.0 Å². The van der Waals surface area contributed by atoms with Crippen molar-refractivity contribution in [1.82, 2.24) is 10.3 Å². The number of sulfonamides is 1. The molecular weight excluding hydrogens is 270 g/mol. The minimum absolute atomic E-state index is 0.0328. The third-order valence-corrected chi connectivity index (χ3v) is 3.89. The molecule has 2 heterocycles. The predicted octanol–water partition coefficient (Wildman–Crippen LogP) is -0.0390. The molecule has 0 saturated carbocycles. The average Bonchev–Trinajstić information content (AvgIpc) is 2.87. The quantitative estimate of drug-likeness (QED) is 0.721. The van der Waals surface area contributed by atoms with Crippen molar-refractivity contribution >= 4 is 15.9 Å². The van der Waals surface area contributed by atoms with Crippen LogP contribution in [0.15, 0.2) is 17.2 Å². The van der Waals surface area contributed by atoms with Crippen molar-refractivity contribution in [2.45, 2.75) is 30.3 Å². The summed E-state index contributed by atoms with van der Waals surface area (Å²) in [5.74, 6) is -0.371. The van der Waals surface area contributed by atoms with Crippen molar-refractivity contribution in [2.75, 3.05) is 13.2 Å². The summed E-state index contributed by atoms with van der Waals surface area (Å²) in [6.07, 6.45) is 4.30. The summed E-state index contributed by atoms with van der Waals surface area (Å²) in [6, 6.07) is 1.21. The fourth-order valence-corrected chi connectivity index (χ4v) is 2.45. The lowest BCUT2D eigenvalue weighted by atomic mass is 10.1. The standard InChI is InChI=1S/C11H17N3O4S/c12-19(16,17)9-5-10(13-7-9)11(15)14-6-8-3-1-2-4-18-8/h5,7-8,13H,1-4,6H2,(H,14,15)(H2,12,16,17). The van der Waals surface area contributed by atoms with Crippen LogP contribution < -0.4 is 10.5 Å². The lowest BCUT2D eigenvalue weighted by Gasteiger charge is -2.22. The van der Waals surface area contributed by atoms with Gasteiger partial charge in [0.15, 0.2) is 0 Å². The highest BCUT2D eigenvalue weighted by Crippen LogP contribution is 2.12. The van der Waals surface area contributed by atoms with Gasteiger partial charge >= 0.3 is 0 Å². The monoisotopic (exact) mass is 287 g/mol. The number of hydrogen-bond acceptors (Lipinski definition) is 4. The largest absolute Gasteiger partial charge is 0.376 e. The minimum atomic E-state index is -3.79. The van der Waals surface area contributed by atoms with E-state index in [1.54, 1.807) is 0 Å². The van der Waals surface area contributed by atoms with E-state index in [1.165, 1.54) is 12.3 Å². The molecular formula is C11H17N3O4S. The van der Waals surface area contributed by atoms with Gasteiger partial charge in [-0.1, -0.05) is 0 Å². The van der Waals surface area contributed by atoms with Crippen molar-refractivity contribution in [1.29, 1.82) is 0 Å². The first-order valence-electron chi connectivity index (χ1n) is 6.08. The van der Waals surface area contributed by atoms with Crippen LogP contribution in [0.3, 0.4) is 0 Å². The number of nitrogens with two attached hydrogens (primary N) is 1. The summed E-state index contributed by atoms with van der Waals surface area (Å²) >= 11 is 0. The topological polar surface area (TPSA) is 114 Å². The zero-order valence-electron chi connectivity index (χ0n) is 10.4. The van der Waals surface area contributed by atoms with Crippen molar-refractivity contribution < 1.29 is 17.9 Å². The highest BCUT2D eigenvalue weighted by molar-refractivity contribution is 7.89. The molecule has 7 nitrogen and oxygen atoms in total. The fourth-order valence-electron chi connectivity index (χ4n) is 1.94. The second-order valence-corrected chi connectivity index (χ2v) is 6.05. The summed E-state index contributed by atoms with van der Waals surface area (Å²) in [7, 11) is -3.79. The summed E-state index contributed by atoms with van der Waals surface area (Å²) in [5.41, 5.74) is 0.167. The molecule has 1 unspecified atom stereocenters. The van der Waals surface area contributed by atoms with Crippen LogP contribution in [0, 0.1) is 0 Å². The highest BCUT2D eigenvalue weighted by Gasteiger charge is 2.17. The number of aromatic amines is 1. The number of aromatic nitrogens is 1. The lowest BCUT2D eigenvalue weighted by Crippen LogP contribution is -2.35. The first-order valence-corrected chi connectivity index (χ1v) is 7.62. The number of carbonyl (C=O) groups excluding carboxylic acids is 1. The molecule has 1 atom stereocenters. The average molecular weight is 287 g/mol. The Hall–Kier alpha value is -1.38. The van der Waals surface area contributed by atoms with Gasteiger partial charge < -0.3 is 15.0 Å². The lowest BCUT2D eigenvalue weighted by molar-refractivity contribution is 0.0168. The van der Waals surface area contributed by atoms with Crippen molar-refractivity contribution in [3.8, 4) is 0 Å². The van der Waals surface area contributed by atoms with Crippen LogP contribution in [0.25, 0.3) is 0 Å². The molecule has 0 aliphatic carbocycles. The van der Waals surface area contributed by atoms with Gasteiger partial charge in [-0.25, -0.2) is 13.6 Å². The molecule has 0 bridgehead atoms. The molecule has 1 saturated heterocycles. The van der Waals surface area contributed by atoms with Gasteiger partial charge in [0.1, 0.15) is 5.69 Å². The Morgan fingerprint density at radius 2 is 2.32 bits per heavy atom. The van der Waals surface area contributed by atoms with Crippen LogP contribution in [-0.2, 0) is 14.8 Å². The second-order valence-electron chi connectivity index (χ2n) is 4.49. The van der Waals surface area contributed by atoms with Gasteiger partial charge in [0.2, 0.25) is 10.0 Å². The Kier molecular flexibility index (Phi) is 4.23. The zero-order chi connectivity index (χ0) is 13.9. The number of nitrogens with one attached hydrogen (secondary N) is 2. The summed E-state index contributed by atoms with van der Waals surface area (Å²) < 4.78 is 27.6. The van der Waals surface area contributed by atoms with E-state index in [0.717, 1.165) is 25.9 Å². The Balaban J connectivity index is 1.91. The van der Waals surface area contributed by atoms with Gasteiger partial charge in [-0.05, 0) is 25.3 Å². The van der Waals surface area contributed by atoms with Crippen LogP contribution in [-0.4, -0.2) is 38.6 Å². The Bertz CT molecular complexity index is 546. The smallest absolute Gasteiger partial charge is 0.267 e. The van der Waals surface area contributed by atoms with Crippen LogP contribution in [0.4, 0.5) is 0 Å². The third kappa shape index (κ3) is 3.79. The van der Waals surface area contributed by atoms with E-state index in [2.05, 4.69) is 10.3 Å². The Morgan fingerprint density at radius 1 is 1.53 bits per heavy atom. The number of H-pyrrole nitrogens is 1. The number of hydrogen-bond donors (Lipinski definition) is 3. The maximum absolute atomic E-state index is 11.8. The van der Waals surface area contributed by atoms with Crippen LogP contribution in [0.5, 0.6) is 0 Å². The first kappa shape index (κ1) is 14.0. The molecule has 0 spiro atoms. The zero-order valence-corrected chi connectivity index (χ0v) is 11.2. The molecule has 1 aromatic rings. The first-order chi connectivity index (χ1) is 8.97. The van der Waals surface area contributed by atoms with Gasteiger partial charge in [-0.3, -0.25) is 4.79 Å². The Morgan fingerprint density at radius 3 is 2.89 bits per heavy atom. The van der Waals surface area contributed by atoms with E-state index >= 15 is 0 Å². The van der Waals surface area contributed by atoms with E-state index in [1.807, 2.05) is 0 Å². The van der Waals surface area contributed by atoms with Crippen molar-refractivity contribution in [2.24, 2.45) is 5.14 Å². The highest BCUT2D eigenvalue weighted by atomic mass is 32.2. The molecule has 1 aromatic heterocycles. The number of primary sulfonamides is 1. The van der Waals surface area contributed by atoms with Gasteiger partial charge in [0, 0.05) is 19.3 Å². The maximum Gasteiger partial charge on any atom is 0.267 e. The molecule has 0 radical (unpaired) electrons. The van der Waals surface area contributed by atoms with Crippen LogP contribution in [0.2, 0.25) is 0 Å². The molecule has 1 aliphatic heterocycles. The minimum Gasteiger partial charge on any atom is -0.376 e. The van der Waals surface area contributed by atoms with Crippen LogP contribution in [0.1, 0.15) is 29.8 Å². The molecule has 1 fully saturated rings. The van der Waals surface area contributed by atoms with Crippen molar-refractivity contribution in [3.63, 3.8) is 0 Å². The number of amides is 1. The van der Waals surface area contributed by atoms with Crippen molar-refractivity contribution in [3.05, 3.63) is 18.0 Å². The maximum atomic E-state index is 11.8. The molecule has 106 valence electrons. The Labute approximate surface area is 111 Å². The van der Waals surface area contributed by atoms with E-state index < -0.39 is 10.0 Å². The molecule has 1 aliphatic rings. The number of ether oxygens (including phenoxy) is 1. The molecule has 0 aromatic carbocycles. The summed E-state index contributed by atoms with van der Waals surface area (Å²) in [5, 5.41) is 7.66. The molecule has 1 amide bonds. The van der Waals surface area contributed by atoms with E-state index in [-0.39, 0.29) is 22.6 Å². The van der Waals surface area contributed by atoms with Gasteiger partial charge in [0.25, 0.3) is 5.91 Å². The molecule has 2 rings (SSSR count). The molecule has 8 heteroatoms.